The lowest BCUT2D eigenvalue weighted by molar-refractivity contribution is -0.167. The molecule has 0 rings (SSSR count). The van der Waals surface area contributed by atoms with Crippen LogP contribution in [0.5, 0.6) is 0 Å². The van der Waals surface area contributed by atoms with Gasteiger partial charge in [-0.25, -0.2) is 0 Å². The maximum absolute atomic E-state index is 12.9. The summed E-state index contributed by atoms with van der Waals surface area (Å²) in [6.07, 6.45) is 81.7. The van der Waals surface area contributed by atoms with Crippen LogP contribution in [0.2, 0.25) is 0 Å². The van der Waals surface area contributed by atoms with Gasteiger partial charge in [0.15, 0.2) is 6.10 Å². The van der Waals surface area contributed by atoms with Crippen LogP contribution in [0.25, 0.3) is 0 Å². The second-order valence-electron chi connectivity index (χ2n) is 23.4. The zero-order chi connectivity index (χ0) is 55.7. The van der Waals surface area contributed by atoms with Crippen LogP contribution in [0.3, 0.4) is 0 Å². The van der Waals surface area contributed by atoms with E-state index >= 15 is 0 Å². The average molecular weight is 1080 g/mol. The number of esters is 3. The van der Waals surface area contributed by atoms with Crippen molar-refractivity contribution in [1.82, 2.24) is 0 Å². The van der Waals surface area contributed by atoms with Crippen molar-refractivity contribution in [3.05, 3.63) is 36.5 Å². The lowest BCUT2D eigenvalue weighted by atomic mass is 10.0. The first-order chi connectivity index (χ1) is 38.0. The molecule has 1 unspecified atom stereocenters. The number of hydrogen-bond acceptors (Lipinski definition) is 6. The van der Waals surface area contributed by atoms with E-state index in [0.29, 0.717) is 19.3 Å². The molecule has 0 aromatic carbocycles. The monoisotopic (exact) mass is 1080 g/mol. The van der Waals surface area contributed by atoms with Gasteiger partial charge in [0.05, 0.1) is 0 Å². The number of ether oxygens (including phenoxy) is 3. The molecule has 6 heteroatoms. The molecule has 0 N–H and O–H groups in total. The third kappa shape index (κ3) is 64.3. The molecule has 0 heterocycles. The highest BCUT2D eigenvalue weighted by Crippen LogP contribution is 2.18. The van der Waals surface area contributed by atoms with Crippen LogP contribution in [0.4, 0.5) is 0 Å². The van der Waals surface area contributed by atoms with Gasteiger partial charge in [-0.1, -0.05) is 301 Å². The summed E-state index contributed by atoms with van der Waals surface area (Å²) < 4.78 is 16.9. The summed E-state index contributed by atoms with van der Waals surface area (Å²) in [5.41, 5.74) is 0. The van der Waals surface area contributed by atoms with Crippen molar-refractivity contribution in [2.24, 2.45) is 0 Å². The molecule has 0 aliphatic carbocycles. The van der Waals surface area contributed by atoms with E-state index in [-0.39, 0.29) is 31.1 Å². The first kappa shape index (κ1) is 74.6. The van der Waals surface area contributed by atoms with E-state index in [0.717, 1.165) is 70.6 Å². The molecule has 0 amide bonds. The Morgan fingerprint density at radius 1 is 0.247 bits per heavy atom. The fourth-order valence-electron chi connectivity index (χ4n) is 10.4. The first-order valence-corrected chi connectivity index (χ1v) is 34.5. The van der Waals surface area contributed by atoms with Gasteiger partial charge in [0.2, 0.25) is 0 Å². The van der Waals surface area contributed by atoms with Gasteiger partial charge in [0.1, 0.15) is 13.2 Å². The first-order valence-electron chi connectivity index (χ1n) is 34.5. The van der Waals surface area contributed by atoms with Crippen LogP contribution in [-0.4, -0.2) is 37.2 Å². The van der Waals surface area contributed by atoms with E-state index in [4.69, 9.17) is 14.2 Å². The normalized spacial score (nSPS) is 12.2. The average Bonchev–Trinajstić information content (AvgIpc) is 3.43. The number of unbranched alkanes of at least 4 members (excludes halogenated alkanes) is 47. The lowest BCUT2D eigenvalue weighted by Gasteiger charge is -2.18. The molecular weight excluding hydrogens is 949 g/mol. The molecule has 0 fully saturated rings. The molecule has 0 bridgehead atoms. The Balaban J connectivity index is 4.19. The molecule has 77 heavy (non-hydrogen) atoms. The highest BCUT2D eigenvalue weighted by molar-refractivity contribution is 5.71. The zero-order valence-electron chi connectivity index (χ0n) is 52.0. The SMILES string of the molecule is CCCCCCCC/C=C\CCCCCCCC(=O)OCC(COC(=O)CCCCCCCCCCCCCCCCCCC/C=C\CCCCCCCCCC)OC(=O)CCCCCCC/C=C\CCCCCCCC. The quantitative estimate of drug-likeness (QED) is 0.0261. The largest absolute Gasteiger partial charge is 0.462 e. The van der Waals surface area contributed by atoms with Crippen molar-refractivity contribution < 1.29 is 28.6 Å². The van der Waals surface area contributed by atoms with Crippen LogP contribution >= 0.6 is 0 Å². The summed E-state index contributed by atoms with van der Waals surface area (Å²) in [6.45, 7) is 6.68. The Morgan fingerprint density at radius 3 is 0.649 bits per heavy atom. The molecule has 0 spiro atoms. The zero-order valence-corrected chi connectivity index (χ0v) is 52.0. The predicted octanol–water partition coefficient (Wildman–Crippen LogP) is 23.6. The summed E-state index contributed by atoms with van der Waals surface area (Å²) in [4.78, 5) is 38.3. The fourth-order valence-corrected chi connectivity index (χ4v) is 10.4. The van der Waals surface area contributed by atoms with Crippen molar-refractivity contribution in [1.29, 1.82) is 0 Å². The van der Waals surface area contributed by atoms with Crippen LogP contribution in [0.1, 0.15) is 380 Å². The molecule has 0 aromatic rings. The topological polar surface area (TPSA) is 78.9 Å². The third-order valence-corrected chi connectivity index (χ3v) is 15.6. The molecule has 452 valence electrons. The number of hydrogen-bond donors (Lipinski definition) is 0. The van der Waals surface area contributed by atoms with Gasteiger partial charge in [0, 0.05) is 19.3 Å². The van der Waals surface area contributed by atoms with Crippen LogP contribution < -0.4 is 0 Å². The Labute approximate surface area is 480 Å². The standard InChI is InChI=1S/C71H132O6/c1-4-7-10-13-16-19-22-25-28-29-30-31-32-33-34-35-36-37-38-39-40-41-44-46-49-52-55-58-61-64-70(73)76-67-68(77-71(74)65-62-59-56-53-50-47-43-27-24-21-18-15-12-9-6-3)66-75-69(72)63-60-57-54-51-48-45-42-26-23-20-17-14-11-8-5-2/h26-27,29-30,42-43,68H,4-25,28,31-41,44-67H2,1-3H3/b30-29-,42-26-,43-27-. The van der Waals surface area contributed by atoms with E-state index < -0.39 is 6.10 Å². The van der Waals surface area contributed by atoms with Crippen LogP contribution in [0, 0.1) is 0 Å². The highest BCUT2D eigenvalue weighted by atomic mass is 16.6. The van der Waals surface area contributed by atoms with E-state index in [1.807, 2.05) is 0 Å². The Kier molecular flexibility index (Phi) is 64.1. The van der Waals surface area contributed by atoms with Crippen molar-refractivity contribution in [2.75, 3.05) is 13.2 Å². The third-order valence-electron chi connectivity index (χ3n) is 15.6. The Morgan fingerprint density at radius 2 is 0.429 bits per heavy atom. The summed E-state index contributed by atoms with van der Waals surface area (Å²) >= 11 is 0. The van der Waals surface area contributed by atoms with Gasteiger partial charge in [-0.2, -0.15) is 0 Å². The summed E-state index contributed by atoms with van der Waals surface area (Å²) in [5, 5.41) is 0. The van der Waals surface area contributed by atoms with E-state index in [1.54, 1.807) is 0 Å². The summed E-state index contributed by atoms with van der Waals surface area (Å²) in [7, 11) is 0. The predicted molar refractivity (Wildman–Crippen MR) is 335 cm³/mol. The van der Waals surface area contributed by atoms with Crippen molar-refractivity contribution in [3.63, 3.8) is 0 Å². The minimum atomic E-state index is -0.778. The van der Waals surface area contributed by atoms with Crippen molar-refractivity contribution in [2.45, 2.75) is 386 Å². The van der Waals surface area contributed by atoms with Crippen LogP contribution in [-0.2, 0) is 28.6 Å². The minimum Gasteiger partial charge on any atom is -0.462 e. The second-order valence-corrected chi connectivity index (χ2v) is 23.4. The van der Waals surface area contributed by atoms with Gasteiger partial charge < -0.3 is 14.2 Å². The molecule has 0 aliphatic heterocycles. The fraction of sp³-hybridized carbons (Fsp3) is 0.873. The van der Waals surface area contributed by atoms with Gasteiger partial charge in [-0.3, -0.25) is 14.4 Å². The van der Waals surface area contributed by atoms with E-state index in [9.17, 15) is 14.4 Å². The molecule has 0 saturated heterocycles. The van der Waals surface area contributed by atoms with Crippen LogP contribution in [0.15, 0.2) is 36.5 Å². The number of carbonyl (C=O) groups is 3. The molecule has 1 atom stereocenters. The van der Waals surface area contributed by atoms with Crippen molar-refractivity contribution >= 4 is 17.9 Å². The number of carbonyl (C=O) groups excluding carboxylic acids is 3. The smallest absolute Gasteiger partial charge is 0.306 e. The summed E-state index contributed by atoms with van der Waals surface area (Å²) in [5.74, 6) is -0.867. The van der Waals surface area contributed by atoms with Crippen molar-refractivity contribution in [3.8, 4) is 0 Å². The highest BCUT2D eigenvalue weighted by Gasteiger charge is 2.19. The molecule has 0 aliphatic rings. The van der Waals surface area contributed by atoms with Gasteiger partial charge in [-0.15, -0.1) is 0 Å². The molecule has 0 saturated carbocycles. The maximum Gasteiger partial charge on any atom is 0.306 e. The van der Waals surface area contributed by atoms with Gasteiger partial charge in [0.25, 0.3) is 0 Å². The Hall–Kier alpha value is -2.37. The molecule has 6 nitrogen and oxygen atoms in total. The lowest BCUT2D eigenvalue weighted by Crippen LogP contribution is -2.30. The minimum absolute atomic E-state index is 0.0740. The van der Waals surface area contributed by atoms with E-state index in [1.165, 1.54) is 270 Å². The van der Waals surface area contributed by atoms with Gasteiger partial charge >= 0.3 is 17.9 Å². The molecular formula is C71H132O6. The van der Waals surface area contributed by atoms with E-state index in [2.05, 4.69) is 57.2 Å². The molecule has 0 aromatic heterocycles. The molecule has 0 radical (unpaired) electrons. The number of allylic oxidation sites excluding steroid dienone is 6. The maximum atomic E-state index is 12.9. The summed E-state index contributed by atoms with van der Waals surface area (Å²) in [6, 6.07) is 0. The number of rotatable bonds is 64. The second kappa shape index (κ2) is 66.1. The Bertz CT molecular complexity index is 1290. The van der Waals surface area contributed by atoms with Gasteiger partial charge in [-0.05, 0) is 96.3 Å².